The van der Waals surface area contributed by atoms with Crippen LogP contribution in [0.15, 0.2) is 34.9 Å². The van der Waals surface area contributed by atoms with Gasteiger partial charge in [-0.2, -0.15) is 10.5 Å². The number of hydrogen-bond donors (Lipinski definition) is 2. The molecule has 122 valence electrons. The molecule has 7 nitrogen and oxygen atoms in total. The molecule has 0 radical (unpaired) electrons. The number of thioether (sulfide) groups is 1. The van der Waals surface area contributed by atoms with Crippen LogP contribution in [0.1, 0.15) is 11.5 Å². The monoisotopic (exact) mass is 342 g/mol. The number of ether oxygens (including phenoxy) is 1. The van der Waals surface area contributed by atoms with Crippen LogP contribution in [0.25, 0.3) is 0 Å². The van der Waals surface area contributed by atoms with Crippen LogP contribution in [0, 0.1) is 28.6 Å². The second-order valence-corrected chi connectivity index (χ2v) is 5.91. The largest absolute Gasteiger partial charge is 0.496 e. The number of amides is 2. The Morgan fingerprint density at radius 3 is 2.71 bits per heavy atom. The summed E-state index contributed by atoms with van der Waals surface area (Å²) >= 11 is 0.967. The number of carbonyl (C=O) groups excluding carboxylic acids is 2. The van der Waals surface area contributed by atoms with Crippen molar-refractivity contribution in [2.45, 2.75) is 5.92 Å². The Labute approximate surface area is 143 Å². The Hall–Kier alpha value is -2.97. The maximum Gasteiger partial charge on any atom is 0.243 e. The molecule has 0 spiro atoms. The summed E-state index contributed by atoms with van der Waals surface area (Å²) < 4.78 is 5.30. The highest BCUT2D eigenvalue weighted by molar-refractivity contribution is 8.03. The summed E-state index contributed by atoms with van der Waals surface area (Å²) in [6, 6.07) is 10.9. The summed E-state index contributed by atoms with van der Waals surface area (Å²) in [5.41, 5.74) is 5.90. The van der Waals surface area contributed by atoms with Crippen molar-refractivity contribution in [2.75, 3.05) is 12.9 Å². The Morgan fingerprint density at radius 2 is 2.12 bits per heavy atom. The molecule has 1 heterocycles. The number of nitriles is 2. The zero-order valence-electron chi connectivity index (χ0n) is 12.8. The highest BCUT2D eigenvalue weighted by atomic mass is 32.2. The van der Waals surface area contributed by atoms with Crippen LogP contribution in [0.4, 0.5) is 0 Å². The number of rotatable bonds is 5. The van der Waals surface area contributed by atoms with E-state index >= 15 is 0 Å². The molecule has 0 aliphatic carbocycles. The fourth-order valence-electron chi connectivity index (χ4n) is 2.49. The molecule has 1 aliphatic heterocycles. The van der Waals surface area contributed by atoms with Crippen molar-refractivity contribution in [3.63, 3.8) is 0 Å². The molecule has 0 fully saturated rings. The van der Waals surface area contributed by atoms with Crippen LogP contribution in [0.5, 0.6) is 5.75 Å². The summed E-state index contributed by atoms with van der Waals surface area (Å²) in [5.74, 6) is -2.57. The molecule has 0 unspecified atom stereocenters. The van der Waals surface area contributed by atoms with Gasteiger partial charge in [0.1, 0.15) is 11.7 Å². The third-order valence-electron chi connectivity index (χ3n) is 3.50. The Bertz CT molecular complexity index is 791. The van der Waals surface area contributed by atoms with Gasteiger partial charge in [0, 0.05) is 5.56 Å². The van der Waals surface area contributed by atoms with Crippen molar-refractivity contribution in [2.24, 2.45) is 11.7 Å². The topological polar surface area (TPSA) is 129 Å². The van der Waals surface area contributed by atoms with Gasteiger partial charge < -0.3 is 15.8 Å². The van der Waals surface area contributed by atoms with Crippen LogP contribution in [0.3, 0.4) is 0 Å². The number of para-hydroxylation sites is 1. The van der Waals surface area contributed by atoms with Crippen LogP contribution < -0.4 is 15.8 Å². The van der Waals surface area contributed by atoms with E-state index < -0.39 is 23.7 Å². The molecule has 8 heteroatoms. The standard InChI is InChI=1S/C16H14N4O3S/c1-23-12-5-3-2-4-9(12)14-10(6-17)15(22)20-16(11(14)7-18)24-8-13(19)21/h2-5,10,14H,8H2,1H3,(H2,19,21)(H,20,22)/t10-,14-/m1/s1. The minimum atomic E-state index is -1.08. The smallest absolute Gasteiger partial charge is 0.243 e. The molecule has 3 N–H and O–H groups in total. The number of hydrogen-bond acceptors (Lipinski definition) is 6. The van der Waals surface area contributed by atoms with Gasteiger partial charge in [0.2, 0.25) is 11.8 Å². The van der Waals surface area contributed by atoms with Crippen molar-refractivity contribution in [3.05, 3.63) is 40.4 Å². The SMILES string of the molecule is COc1ccccc1[C@H]1C(C#N)=C(SCC(N)=O)NC(=O)[C@@H]1C#N. The van der Waals surface area contributed by atoms with Crippen molar-refractivity contribution < 1.29 is 14.3 Å². The van der Waals surface area contributed by atoms with Crippen molar-refractivity contribution in [1.29, 1.82) is 10.5 Å². The first kappa shape index (κ1) is 17.4. The Balaban J connectivity index is 2.60. The number of methoxy groups -OCH3 is 1. The third kappa shape index (κ3) is 3.34. The van der Waals surface area contributed by atoms with E-state index in [-0.39, 0.29) is 16.4 Å². The maximum atomic E-state index is 12.3. The predicted molar refractivity (Wildman–Crippen MR) is 87.3 cm³/mol. The lowest BCUT2D eigenvalue weighted by molar-refractivity contribution is -0.123. The van der Waals surface area contributed by atoms with E-state index in [2.05, 4.69) is 5.32 Å². The number of allylic oxidation sites excluding steroid dienone is 1. The first-order valence-corrected chi connectivity index (χ1v) is 7.90. The van der Waals surface area contributed by atoms with Crippen molar-refractivity contribution in [1.82, 2.24) is 5.32 Å². The molecule has 1 aromatic carbocycles. The van der Waals surface area contributed by atoms with Crippen LogP contribution in [-0.2, 0) is 9.59 Å². The molecule has 1 aromatic rings. The van der Waals surface area contributed by atoms with E-state index in [1.807, 2.05) is 12.1 Å². The molecule has 2 atom stereocenters. The highest BCUT2D eigenvalue weighted by Gasteiger charge is 2.40. The van der Waals surface area contributed by atoms with Gasteiger partial charge in [-0.05, 0) is 6.07 Å². The lowest BCUT2D eigenvalue weighted by atomic mass is 9.79. The summed E-state index contributed by atoms with van der Waals surface area (Å²) in [7, 11) is 1.47. The van der Waals surface area contributed by atoms with Crippen LogP contribution >= 0.6 is 11.8 Å². The first-order valence-electron chi connectivity index (χ1n) is 6.92. The summed E-state index contributed by atoms with van der Waals surface area (Å²) in [5, 5.41) is 21.8. The van der Waals surface area contributed by atoms with Gasteiger partial charge in [0.15, 0.2) is 0 Å². The molecular formula is C16H14N4O3S. The minimum absolute atomic E-state index is 0.0866. The molecule has 2 amide bonds. The van der Waals surface area contributed by atoms with Crippen LogP contribution in [0.2, 0.25) is 0 Å². The average Bonchev–Trinajstić information content (AvgIpc) is 2.59. The lowest BCUT2D eigenvalue weighted by Gasteiger charge is -2.29. The van der Waals surface area contributed by atoms with E-state index in [1.54, 1.807) is 24.3 Å². The van der Waals surface area contributed by atoms with Gasteiger partial charge in [0.25, 0.3) is 0 Å². The Morgan fingerprint density at radius 1 is 1.42 bits per heavy atom. The van der Waals surface area contributed by atoms with Gasteiger partial charge >= 0.3 is 0 Å². The van der Waals surface area contributed by atoms with Gasteiger partial charge in [0.05, 0.1) is 41.5 Å². The zero-order valence-corrected chi connectivity index (χ0v) is 13.6. The molecule has 24 heavy (non-hydrogen) atoms. The normalized spacial score (nSPS) is 19.9. The van der Waals surface area contributed by atoms with Gasteiger partial charge in [-0.3, -0.25) is 9.59 Å². The van der Waals surface area contributed by atoms with E-state index in [1.165, 1.54) is 7.11 Å². The molecule has 1 aliphatic rings. The Kier molecular flexibility index (Phi) is 5.46. The molecular weight excluding hydrogens is 328 g/mol. The number of primary amides is 1. The molecule has 0 bridgehead atoms. The van der Waals surface area contributed by atoms with Crippen molar-refractivity contribution >= 4 is 23.6 Å². The molecule has 0 aromatic heterocycles. The predicted octanol–water partition coefficient (Wildman–Crippen LogP) is 1.00. The summed E-state index contributed by atoms with van der Waals surface area (Å²) in [4.78, 5) is 23.3. The zero-order chi connectivity index (χ0) is 17.7. The number of nitrogens with one attached hydrogen (secondary N) is 1. The maximum absolute atomic E-state index is 12.3. The molecule has 0 saturated carbocycles. The lowest BCUT2D eigenvalue weighted by Crippen LogP contribution is -2.39. The molecule has 2 rings (SSSR count). The number of nitrogens with zero attached hydrogens (tertiary/aromatic N) is 2. The van der Waals surface area contributed by atoms with Gasteiger partial charge in [-0.1, -0.05) is 30.0 Å². The van der Waals surface area contributed by atoms with Crippen LogP contribution in [-0.4, -0.2) is 24.7 Å². The number of benzene rings is 1. The van der Waals surface area contributed by atoms with Crippen molar-refractivity contribution in [3.8, 4) is 17.9 Å². The van der Waals surface area contributed by atoms with Gasteiger partial charge in [-0.15, -0.1) is 0 Å². The quantitative estimate of drug-likeness (QED) is 0.821. The number of nitrogens with two attached hydrogens (primary N) is 1. The first-order chi connectivity index (χ1) is 11.5. The van der Waals surface area contributed by atoms with Gasteiger partial charge in [-0.25, -0.2) is 0 Å². The van der Waals surface area contributed by atoms with E-state index in [9.17, 15) is 20.1 Å². The average molecular weight is 342 g/mol. The van der Waals surface area contributed by atoms with E-state index in [0.717, 1.165) is 11.8 Å². The molecule has 0 saturated heterocycles. The fourth-order valence-corrected chi connectivity index (χ4v) is 3.27. The fraction of sp³-hybridized carbons (Fsp3) is 0.250. The highest BCUT2D eigenvalue weighted by Crippen LogP contribution is 2.42. The minimum Gasteiger partial charge on any atom is -0.496 e. The second kappa shape index (κ2) is 7.53. The number of carbonyl (C=O) groups is 2. The third-order valence-corrected chi connectivity index (χ3v) is 4.54. The van der Waals surface area contributed by atoms with E-state index in [4.69, 9.17) is 10.5 Å². The van der Waals surface area contributed by atoms with E-state index in [0.29, 0.717) is 11.3 Å². The summed E-state index contributed by atoms with van der Waals surface area (Å²) in [6.07, 6.45) is 0. The summed E-state index contributed by atoms with van der Waals surface area (Å²) in [6.45, 7) is 0. The second-order valence-electron chi connectivity index (χ2n) is 4.93.